The molecule has 4 atom stereocenters. The molecule has 1 aromatic carbocycles. The minimum atomic E-state index is 0.0811. The third-order valence-corrected chi connectivity index (χ3v) is 6.08. The third kappa shape index (κ3) is 4.16. The topological polar surface area (TPSA) is 33.5 Å². The Morgan fingerprint density at radius 2 is 1.87 bits per heavy atom. The summed E-state index contributed by atoms with van der Waals surface area (Å²) in [5, 5.41) is 3.29. The molecule has 2 N–H and O–H groups in total. The standard InChI is InChI=1S/C19H27BrN2O/c1-2-3-11-22-17-5-4-6-18(22)13-16(12-17)21-19(23)14-7-9-15(20)10-8-14/h7-10,16-18H,2-6,11-13H2,1H3,(H,21,23)/p+1/t16?,17-,18+. The molecular weight excluding hydrogens is 352 g/mol. The molecule has 0 aliphatic carbocycles. The zero-order valence-corrected chi connectivity index (χ0v) is 15.6. The summed E-state index contributed by atoms with van der Waals surface area (Å²) in [6, 6.07) is 9.51. The van der Waals surface area contributed by atoms with E-state index >= 15 is 0 Å². The molecule has 0 aromatic heterocycles. The lowest BCUT2D eigenvalue weighted by Crippen LogP contribution is -3.21. The fourth-order valence-electron chi connectivity index (χ4n) is 4.41. The van der Waals surface area contributed by atoms with E-state index in [1.807, 2.05) is 29.2 Å². The number of benzene rings is 1. The first-order valence-corrected chi connectivity index (χ1v) is 9.88. The van der Waals surface area contributed by atoms with Crippen LogP contribution in [0.4, 0.5) is 0 Å². The van der Waals surface area contributed by atoms with Gasteiger partial charge in [-0.1, -0.05) is 29.3 Å². The number of nitrogens with one attached hydrogen (secondary N) is 2. The molecule has 0 saturated carbocycles. The Bertz CT molecular complexity index is 517. The highest BCUT2D eigenvalue weighted by molar-refractivity contribution is 9.10. The van der Waals surface area contributed by atoms with Crippen LogP contribution in [0.5, 0.6) is 0 Å². The highest BCUT2D eigenvalue weighted by Crippen LogP contribution is 2.23. The predicted octanol–water partition coefficient (Wildman–Crippen LogP) is 2.95. The van der Waals surface area contributed by atoms with Crippen LogP contribution in [0, 0.1) is 0 Å². The second-order valence-corrected chi connectivity index (χ2v) is 8.07. The number of carbonyl (C=O) groups is 1. The Kier molecular flexibility index (Phi) is 5.76. The molecule has 3 nitrogen and oxygen atoms in total. The molecule has 2 saturated heterocycles. The van der Waals surface area contributed by atoms with Crippen LogP contribution in [-0.4, -0.2) is 30.6 Å². The molecule has 0 spiro atoms. The van der Waals surface area contributed by atoms with E-state index in [2.05, 4.69) is 28.2 Å². The predicted molar refractivity (Wildman–Crippen MR) is 96.8 cm³/mol. The number of rotatable bonds is 5. The summed E-state index contributed by atoms with van der Waals surface area (Å²) in [5.74, 6) is 0.0811. The van der Waals surface area contributed by atoms with Gasteiger partial charge < -0.3 is 10.2 Å². The van der Waals surface area contributed by atoms with Crippen molar-refractivity contribution < 1.29 is 9.69 Å². The molecular formula is C19H28BrN2O+. The normalized spacial score (nSPS) is 30.0. The number of carbonyl (C=O) groups excluding carboxylic acids is 1. The molecule has 2 aliphatic heterocycles. The maximum Gasteiger partial charge on any atom is 0.251 e. The van der Waals surface area contributed by atoms with Gasteiger partial charge in [-0.25, -0.2) is 0 Å². The molecule has 2 bridgehead atoms. The van der Waals surface area contributed by atoms with Gasteiger partial charge >= 0.3 is 0 Å². The van der Waals surface area contributed by atoms with Crippen LogP contribution in [0.2, 0.25) is 0 Å². The first-order chi connectivity index (χ1) is 11.2. The smallest absolute Gasteiger partial charge is 0.251 e. The number of piperidine rings is 2. The van der Waals surface area contributed by atoms with Crippen LogP contribution in [-0.2, 0) is 0 Å². The molecule has 3 rings (SSSR count). The number of quaternary nitrogens is 1. The average molecular weight is 380 g/mol. The Balaban J connectivity index is 1.60. The van der Waals surface area contributed by atoms with Crippen molar-refractivity contribution in [2.75, 3.05) is 6.54 Å². The van der Waals surface area contributed by atoms with Gasteiger partial charge in [0.2, 0.25) is 0 Å². The highest BCUT2D eigenvalue weighted by atomic mass is 79.9. The first-order valence-electron chi connectivity index (χ1n) is 9.09. The van der Waals surface area contributed by atoms with Gasteiger partial charge in [-0.2, -0.15) is 0 Å². The van der Waals surface area contributed by atoms with E-state index in [9.17, 15) is 4.79 Å². The number of fused-ring (bicyclic) bond motifs is 2. The molecule has 2 fully saturated rings. The van der Waals surface area contributed by atoms with Crippen molar-refractivity contribution in [3.8, 4) is 0 Å². The highest BCUT2D eigenvalue weighted by Gasteiger charge is 2.41. The molecule has 2 heterocycles. The molecule has 2 unspecified atom stereocenters. The SMILES string of the molecule is CCCC[NH+]1[C@@H]2CCC[C@H]1CC(NC(=O)c1ccc(Br)cc1)C2. The van der Waals surface area contributed by atoms with E-state index in [1.54, 1.807) is 0 Å². The zero-order valence-electron chi connectivity index (χ0n) is 14.0. The van der Waals surface area contributed by atoms with Gasteiger partial charge in [0.15, 0.2) is 0 Å². The Hall–Kier alpha value is -0.870. The summed E-state index contributed by atoms with van der Waals surface area (Å²) in [7, 11) is 0. The fraction of sp³-hybridized carbons (Fsp3) is 0.632. The lowest BCUT2D eigenvalue weighted by molar-refractivity contribution is -0.961. The molecule has 2 aliphatic rings. The van der Waals surface area contributed by atoms with Crippen molar-refractivity contribution in [2.45, 2.75) is 70.0 Å². The van der Waals surface area contributed by atoms with Gasteiger partial charge in [-0.15, -0.1) is 0 Å². The molecule has 0 radical (unpaired) electrons. The van der Waals surface area contributed by atoms with Crippen LogP contribution in [0.1, 0.15) is 62.2 Å². The van der Waals surface area contributed by atoms with Crippen molar-refractivity contribution >= 4 is 21.8 Å². The first kappa shape index (κ1) is 17.0. The summed E-state index contributed by atoms with van der Waals surface area (Å²) in [6.45, 7) is 3.60. The maximum absolute atomic E-state index is 12.5. The molecule has 126 valence electrons. The third-order valence-electron chi connectivity index (χ3n) is 5.55. The van der Waals surface area contributed by atoms with Crippen molar-refractivity contribution in [1.29, 1.82) is 0 Å². The summed E-state index contributed by atoms with van der Waals surface area (Å²) in [5.41, 5.74) is 0.763. The summed E-state index contributed by atoms with van der Waals surface area (Å²) >= 11 is 3.42. The Labute approximate surface area is 148 Å². The average Bonchev–Trinajstić information content (AvgIpc) is 2.53. The number of unbranched alkanes of at least 4 members (excludes halogenated alkanes) is 1. The van der Waals surface area contributed by atoms with E-state index in [0.29, 0.717) is 6.04 Å². The van der Waals surface area contributed by atoms with E-state index in [0.717, 1.165) is 35.0 Å². The monoisotopic (exact) mass is 379 g/mol. The summed E-state index contributed by atoms with van der Waals surface area (Å²) in [6.07, 6.45) is 8.96. The molecule has 1 amide bonds. The van der Waals surface area contributed by atoms with Crippen molar-refractivity contribution in [3.05, 3.63) is 34.3 Å². The second-order valence-electron chi connectivity index (χ2n) is 7.15. The van der Waals surface area contributed by atoms with Gasteiger partial charge in [0.05, 0.1) is 18.6 Å². The van der Waals surface area contributed by atoms with E-state index in [1.165, 1.54) is 38.6 Å². The van der Waals surface area contributed by atoms with E-state index < -0.39 is 0 Å². The minimum Gasteiger partial charge on any atom is -0.349 e. The largest absolute Gasteiger partial charge is 0.349 e. The minimum absolute atomic E-state index is 0.0811. The lowest BCUT2D eigenvalue weighted by Gasteiger charge is -2.46. The summed E-state index contributed by atoms with van der Waals surface area (Å²) < 4.78 is 1.01. The zero-order chi connectivity index (χ0) is 16.2. The maximum atomic E-state index is 12.5. The van der Waals surface area contributed by atoms with Gasteiger partial charge in [0.25, 0.3) is 5.91 Å². The van der Waals surface area contributed by atoms with Crippen LogP contribution >= 0.6 is 15.9 Å². The molecule has 1 aromatic rings. The lowest BCUT2D eigenvalue weighted by atomic mass is 9.81. The number of hydrogen-bond acceptors (Lipinski definition) is 1. The number of amides is 1. The van der Waals surface area contributed by atoms with Gasteiger partial charge in [-0.05, 0) is 49.9 Å². The van der Waals surface area contributed by atoms with Gasteiger partial charge in [-0.3, -0.25) is 4.79 Å². The van der Waals surface area contributed by atoms with Crippen LogP contribution in [0.3, 0.4) is 0 Å². The second kappa shape index (κ2) is 7.80. The quantitative estimate of drug-likeness (QED) is 0.809. The number of halogens is 1. The van der Waals surface area contributed by atoms with Crippen molar-refractivity contribution in [3.63, 3.8) is 0 Å². The van der Waals surface area contributed by atoms with E-state index in [-0.39, 0.29) is 5.91 Å². The molecule has 23 heavy (non-hydrogen) atoms. The fourth-order valence-corrected chi connectivity index (χ4v) is 4.68. The molecule has 4 heteroatoms. The van der Waals surface area contributed by atoms with Gasteiger partial charge in [0.1, 0.15) is 0 Å². The van der Waals surface area contributed by atoms with E-state index in [4.69, 9.17) is 0 Å². The summed E-state index contributed by atoms with van der Waals surface area (Å²) in [4.78, 5) is 14.3. The van der Waals surface area contributed by atoms with Crippen molar-refractivity contribution in [2.24, 2.45) is 0 Å². The Morgan fingerprint density at radius 3 is 2.48 bits per heavy atom. The van der Waals surface area contributed by atoms with Crippen LogP contribution in [0.25, 0.3) is 0 Å². The Morgan fingerprint density at radius 1 is 1.22 bits per heavy atom. The van der Waals surface area contributed by atoms with Crippen molar-refractivity contribution in [1.82, 2.24) is 5.32 Å². The van der Waals surface area contributed by atoms with Gasteiger partial charge in [0, 0.05) is 28.9 Å². The van der Waals surface area contributed by atoms with Crippen LogP contribution in [0.15, 0.2) is 28.7 Å². The van der Waals surface area contributed by atoms with Crippen LogP contribution < -0.4 is 10.2 Å². The number of hydrogen-bond donors (Lipinski definition) is 2.